The molecule has 0 spiro atoms. The topological polar surface area (TPSA) is 83.5 Å². The highest BCUT2D eigenvalue weighted by atomic mass is 32.2. The molecule has 88 valence electrons. The average molecular weight is 235 g/mol. The van der Waals surface area contributed by atoms with Crippen LogP contribution in [0.1, 0.15) is 25.7 Å². The van der Waals surface area contributed by atoms with Crippen LogP contribution in [-0.2, 0) is 14.6 Å². The average Bonchev–Trinajstić information content (AvgIpc) is 2.05. The summed E-state index contributed by atoms with van der Waals surface area (Å²) in [7, 11) is -3.29. The van der Waals surface area contributed by atoms with Crippen LogP contribution in [0.4, 0.5) is 0 Å². The van der Waals surface area contributed by atoms with Gasteiger partial charge in [-0.25, -0.2) is 8.42 Å². The largest absolute Gasteiger partial charge is 0.391 e. The second-order valence-corrected chi connectivity index (χ2v) is 6.24. The van der Waals surface area contributed by atoms with Gasteiger partial charge in [0.15, 0.2) is 9.84 Å². The number of nitrogens with one attached hydrogen (secondary N) is 1. The van der Waals surface area contributed by atoms with Gasteiger partial charge in [-0.05, 0) is 12.8 Å². The van der Waals surface area contributed by atoms with E-state index in [1.165, 1.54) is 0 Å². The number of carbonyl (C=O) groups is 1. The molecular formula is C9H17NO4S. The smallest absolute Gasteiger partial charge is 0.235 e. The van der Waals surface area contributed by atoms with Crippen LogP contribution < -0.4 is 5.32 Å². The van der Waals surface area contributed by atoms with E-state index in [4.69, 9.17) is 0 Å². The van der Waals surface area contributed by atoms with E-state index in [1.54, 1.807) is 0 Å². The summed E-state index contributed by atoms with van der Waals surface area (Å²) in [5.41, 5.74) is 0. The monoisotopic (exact) mass is 235 g/mol. The van der Waals surface area contributed by atoms with E-state index >= 15 is 0 Å². The Balaban J connectivity index is 2.43. The van der Waals surface area contributed by atoms with E-state index in [1.807, 2.05) is 0 Å². The lowest BCUT2D eigenvalue weighted by atomic mass is 9.93. The minimum atomic E-state index is -3.29. The third-order valence-electron chi connectivity index (χ3n) is 2.47. The van der Waals surface area contributed by atoms with Crippen molar-refractivity contribution in [3.8, 4) is 0 Å². The van der Waals surface area contributed by atoms with Crippen molar-refractivity contribution < 1.29 is 18.3 Å². The summed E-state index contributed by atoms with van der Waals surface area (Å²) < 4.78 is 21.7. The zero-order valence-electron chi connectivity index (χ0n) is 8.77. The van der Waals surface area contributed by atoms with Crippen LogP contribution in [0.15, 0.2) is 0 Å². The minimum Gasteiger partial charge on any atom is -0.391 e. The van der Waals surface area contributed by atoms with Gasteiger partial charge in [0.05, 0.1) is 12.1 Å². The first kappa shape index (κ1) is 12.4. The van der Waals surface area contributed by atoms with Gasteiger partial charge in [0.25, 0.3) is 0 Å². The van der Waals surface area contributed by atoms with E-state index in [-0.39, 0.29) is 6.04 Å². The van der Waals surface area contributed by atoms with E-state index < -0.39 is 27.6 Å². The molecule has 0 bridgehead atoms. The maximum absolute atomic E-state index is 11.3. The summed E-state index contributed by atoms with van der Waals surface area (Å²) >= 11 is 0. The van der Waals surface area contributed by atoms with Crippen LogP contribution in [0.3, 0.4) is 0 Å². The van der Waals surface area contributed by atoms with E-state index in [2.05, 4.69) is 5.32 Å². The van der Waals surface area contributed by atoms with Crippen molar-refractivity contribution in [3.05, 3.63) is 0 Å². The molecule has 0 heterocycles. The third-order valence-corrected chi connectivity index (χ3v) is 3.26. The van der Waals surface area contributed by atoms with Crippen LogP contribution >= 0.6 is 0 Å². The van der Waals surface area contributed by atoms with Crippen LogP contribution in [0.25, 0.3) is 0 Å². The van der Waals surface area contributed by atoms with E-state index in [0.29, 0.717) is 6.42 Å². The molecule has 2 N–H and O–H groups in total. The van der Waals surface area contributed by atoms with Crippen molar-refractivity contribution in [1.29, 1.82) is 0 Å². The maximum Gasteiger partial charge on any atom is 0.235 e. The van der Waals surface area contributed by atoms with Crippen molar-refractivity contribution in [1.82, 2.24) is 5.32 Å². The molecule has 1 aliphatic rings. The molecule has 0 aromatic heterocycles. The van der Waals surface area contributed by atoms with Gasteiger partial charge in [-0.2, -0.15) is 0 Å². The molecule has 0 saturated heterocycles. The second-order valence-electron chi connectivity index (χ2n) is 4.10. The van der Waals surface area contributed by atoms with Gasteiger partial charge in [-0.1, -0.05) is 12.8 Å². The van der Waals surface area contributed by atoms with Gasteiger partial charge >= 0.3 is 0 Å². The molecule has 1 saturated carbocycles. The molecule has 0 aromatic carbocycles. The van der Waals surface area contributed by atoms with Gasteiger partial charge in [-0.3, -0.25) is 4.79 Å². The summed E-state index contributed by atoms with van der Waals surface area (Å²) in [5.74, 6) is -1.03. The molecule has 1 fully saturated rings. The highest BCUT2D eigenvalue weighted by Gasteiger charge is 2.25. The lowest BCUT2D eigenvalue weighted by molar-refractivity contribution is -0.120. The van der Waals surface area contributed by atoms with E-state index in [9.17, 15) is 18.3 Å². The Morgan fingerprint density at radius 3 is 2.53 bits per heavy atom. The van der Waals surface area contributed by atoms with Crippen molar-refractivity contribution >= 4 is 15.7 Å². The number of aliphatic hydroxyl groups excluding tert-OH is 1. The Morgan fingerprint density at radius 1 is 1.40 bits per heavy atom. The minimum absolute atomic E-state index is 0.284. The fourth-order valence-electron chi connectivity index (χ4n) is 1.77. The van der Waals surface area contributed by atoms with Crippen LogP contribution in [0.2, 0.25) is 0 Å². The SMILES string of the molecule is CS(=O)(=O)CC(=O)NC1CCCCC1O. The number of amides is 1. The molecule has 1 amide bonds. The molecule has 2 unspecified atom stereocenters. The molecular weight excluding hydrogens is 218 g/mol. The lowest BCUT2D eigenvalue weighted by Crippen LogP contribution is -2.46. The third kappa shape index (κ3) is 4.61. The number of hydrogen-bond donors (Lipinski definition) is 2. The Morgan fingerprint density at radius 2 is 2.00 bits per heavy atom. The van der Waals surface area contributed by atoms with Crippen molar-refractivity contribution in [2.45, 2.75) is 37.8 Å². The predicted octanol–water partition coefficient (Wildman–Crippen LogP) is -0.549. The highest BCUT2D eigenvalue weighted by Crippen LogP contribution is 2.18. The Hall–Kier alpha value is -0.620. The zero-order valence-corrected chi connectivity index (χ0v) is 9.59. The second kappa shape index (κ2) is 4.94. The first-order valence-corrected chi connectivity index (χ1v) is 7.10. The molecule has 6 heteroatoms. The summed E-state index contributed by atoms with van der Waals surface area (Å²) in [6.07, 6.45) is 3.78. The first-order valence-electron chi connectivity index (χ1n) is 5.03. The van der Waals surface area contributed by atoms with Crippen molar-refractivity contribution in [3.63, 3.8) is 0 Å². The van der Waals surface area contributed by atoms with Gasteiger partial charge in [-0.15, -0.1) is 0 Å². The van der Waals surface area contributed by atoms with Gasteiger partial charge < -0.3 is 10.4 Å². The number of carbonyl (C=O) groups excluding carboxylic acids is 1. The van der Waals surface area contributed by atoms with Gasteiger partial charge in [0.1, 0.15) is 5.75 Å². The van der Waals surface area contributed by atoms with Gasteiger partial charge in [0.2, 0.25) is 5.91 Å². The fourth-order valence-corrected chi connectivity index (χ4v) is 2.33. The molecule has 1 aliphatic carbocycles. The lowest BCUT2D eigenvalue weighted by Gasteiger charge is -2.28. The summed E-state index contributed by atoms with van der Waals surface area (Å²) in [6, 6.07) is -0.284. The normalized spacial score (nSPS) is 27.3. The maximum atomic E-state index is 11.3. The zero-order chi connectivity index (χ0) is 11.5. The number of sulfone groups is 1. The van der Waals surface area contributed by atoms with Gasteiger partial charge in [0, 0.05) is 6.26 Å². The van der Waals surface area contributed by atoms with Crippen molar-refractivity contribution in [2.24, 2.45) is 0 Å². The summed E-state index contributed by atoms with van der Waals surface area (Å²) in [6.45, 7) is 0. The fraction of sp³-hybridized carbons (Fsp3) is 0.889. The van der Waals surface area contributed by atoms with Crippen LogP contribution in [-0.4, -0.2) is 43.6 Å². The standard InChI is InChI=1S/C9H17NO4S/c1-15(13,14)6-9(12)10-7-4-2-3-5-8(7)11/h7-8,11H,2-6H2,1H3,(H,10,12). The Bertz CT molecular complexity index is 325. The highest BCUT2D eigenvalue weighted by molar-refractivity contribution is 7.91. The molecule has 15 heavy (non-hydrogen) atoms. The molecule has 5 nitrogen and oxygen atoms in total. The quantitative estimate of drug-likeness (QED) is 0.687. The number of hydrogen-bond acceptors (Lipinski definition) is 4. The Labute approximate surface area is 89.8 Å². The molecule has 0 aliphatic heterocycles. The summed E-state index contributed by atoms with van der Waals surface area (Å²) in [5, 5.41) is 12.1. The summed E-state index contributed by atoms with van der Waals surface area (Å²) in [4.78, 5) is 11.3. The Kier molecular flexibility index (Phi) is 4.10. The van der Waals surface area contributed by atoms with Crippen LogP contribution in [0, 0.1) is 0 Å². The van der Waals surface area contributed by atoms with Crippen molar-refractivity contribution in [2.75, 3.05) is 12.0 Å². The molecule has 1 rings (SSSR count). The number of aliphatic hydroxyl groups is 1. The number of rotatable bonds is 3. The predicted molar refractivity (Wildman–Crippen MR) is 56.1 cm³/mol. The first-order chi connectivity index (χ1) is 6.88. The van der Waals surface area contributed by atoms with E-state index in [0.717, 1.165) is 25.5 Å². The molecule has 0 radical (unpaired) electrons. The molecule has 2 atom stereocenters. The van der Waals surface area contributed by atoms with Crippen LogP contribution in [0.5, 0.6) is 0 Å². The molecule has 0 aromatic rings.